The van der Waals surface area contributed by atoms with Crippen LogP contribution in [0.3, 0.4) is 0 Å². The van der Waals surface area contributed by atoms with Crippen molar-refractivity contribution in [2.24, 2.45) is 5.92 Å². The Morgan fingerprint density at radius 3 is 2.48 bits per heavy atom. The molecule has 0 atom stereocenters. The lowest BCUT2D eigenvalue weighted by molar-refractivity contribution is 0.488. The van der Waals surface area contributed by atoms with Gasteiger partial charge in [-0.2, -0.15) is 5.26 Å². The molecule has 2 aromatic heterocycles. The molecule has 0 N–H and O–H groups in total. The molecule has 3 aromatic rings. The molecule has 1 aliphatic rings. The van der Waals surface area contributed by atoms with E-state index in [-0.39, 0.29) is 5.92 Å². The molecule has 0 saturated carbocycles. The first-order valence-electron chi connectivity index (χ1n) is 10.3. The summed E-state index contributed by atoms with van der Waals surface area (Å²) in [6.45, 7) is 10.5. The Hall–Kier alpha value is -2.32. The number of hydrogen-bond donors (Lipinski definition) is 0. The molecule has 0 unspecified atom stereocenters. The second-order valence-corrected chi connectivity index (χ2v) is 9.27. The van der Waals surface area contributed by atoms with E-state index in [9.17, 15) is 5.26 Å². The van der Waals surface area contributed by atoms with Crippen LogP contribution in [0.25, 0.3) is 16.7 Å². The summed E-state index contributed by atoms with van der Waals surface area (Å²) in [6, 6.07) is 11.2. The van der Waals surface area contributed by atoms with Gasteiger partial charge >= 0.3 is 0 Å². The van der Waals surface area contributed by atoms with E-state index in [1.54, 1.807) is 0 Å². The molecule has 150 valence electrons. The number of anilines is 1. The molecule has 0 bridgehead atoms. The van der Waals surface area contributed by atoms with Crippen molar-refractivity contribution >= 4 is 32.7 Å². The van der Waals surface area contributed by atoms with E-state index in [1.807, 2.05) is 0 Å². The highest BCUT2D eigenvalue weighted by molar-refractivity contribution is 9.10. The van der Waals surface area contributed by atoms with Crippen molar-refractivity contribution in [1.29, 1.82) is 5.26 Å². The number of aromatic nitrogens is 2. The third-order valence-corrected chi connectivity index (χ3v) is 6.60. The standard InChI is InChI=1S/C24H27BrN4/c1-15(2)19-5-6-21(20(25)12-19)29-14-16(3)23-22(11-17(4)27-24(23)29)28-9-7-18(13-26)8-10-28/h5-6,11-12,14-15,18H,7-10H2,1-4H3. The van der Waals surface area contributed by atoms with E-state index >= 15 is 0 Å². The lowest BCUT2D eigenvalue weighted by Crippen LogP contribution is -2.33. The summed E-state index contributed by atoms with van der Waals surface area (Å²) >= 11 is 3.79. The van der Waals surface area contributed by atoms with Gasteiger partial charge in [0, 0.05) is 46.4 Å². The van der Waals surface area contributed by atoms with E-state index in [0.29, 0.717) is 5.92 Å². The quantitative estimate of drug-likeness (QED) is 0.472. The largest absolute Gasteiger partial charge is 0.371 e. The van der Waals surface area contributed by atoms with Crippen LogP contribution in [0.4, 0.5) is 5.69 Å². The van der Waals surface area contributed by atoms with E-state index in [2.05, 4.69) is 89.6 Å². The fourth-order valence-electron chi connectivity index (χ4n) is 4.27. The summed E-state index contributed by atoms with van der Waals surface area (Å²) in [5.41, 5.74) is 6.92. The molecule has 5 heteroatoms. The van der Waals surface area contributed by atoms with Gasteiger partial charge in [-0.15, -0.1) is 0 Å². The molecule has 29 heavy (non-hydrogen) atoms. The third kappa shape index (κ3) is 3.67. The van der Waals surface area contributed by atoms with Crippen LogP contribution in [0, 0.1) is 31.1 Å². The molecule has 0 aliphatic carbocycles. The van der Waals surface area contributed by atoms with E-state index < -0.39 is 0 Å². The van der Waals surface area contributed by atoms with Crippen molar-refractivity contribution in [2.75, 3.05) is 18.0 Å². The van der Waals surface area contributed by atoms with Crippen molar-refractivity contribution in [3.05, 3.63) is 51.8 Å². The number of halogens is 1. The minimum atomic E-state index is 0.186. The number of fused-ring (bicyclic) bond motifs is 1. The molecular weight excluding hydrogens is 424 g/mol. The van der Waals surface area contributed by atoms with Gasteiger partial charge in [0.15, 0.2) is 0 Å². The van der Waals surface area contributed by atoms with Crippen molar-refractivity contribution in [3.63, 3.8) is 0 Å². The highest BCUT2D eigenvalue weighted by Crippen LogP contribution is 2.36. The van der Waals surface area contributed by atoms with Gasteiger partial charge in [0.2, 0.25) is 0 Å². The zero-order valence-electron chi connectivity index (χ0n) is 17.5. The molecule has 0 amide bonds. The maximum atomic E-state index is 9.23. The summed E-state index contributed by atoms with van der Waals surface area (Å²) in [5.74, 6) is 0.678. The van der Waals surface area contributed by atoms with Crippen LogP contribution in [-0.4, -0.2) is 22.6 Å². The average molecular weight is 451 g/mol. The molecule has 1 aliphatic heterocycles. The summed E-state index contributed by atoms with van der Waals surface area (Å²) in [5, 5.41) is 10.4. The smallest absolute Gasteiger partial charge is 0.147 e. The predicted octanol–water partition coefficient (Wildman–Crippen LogP) is 6.27. The first-order chi connectivity index (χ1) is 13.9. The Kier molecular flexibility index (Phi) is 5.40. The van der Waals surface area contributed by atoms with Gasteiger partial charge in [-0.3, -0.25) is 4.57 Å². The minimum absolute atomic E-state index is 0.186. The van der Waals surface area contributed by atoms with Crippen molar-refractivity contribution < 1.29 is 0 Å². The van der Waals surface area contributed by atoms with E-state index in [1.165, 1.54) is 22.2 Å². The number of nitriles is 1. The summed E-state index contributed by atoms with van der Waals surface area (Å²) < 4.78 is 3.29. The van der Waals surface area contributed by atoms with Gasteiger partial charge in [-0.05, 0) is 77.9 Å². The van der Waals surface area contributed by atoms with Gasteiger partial charge < -0.3 is 4.90 Å². The fourth-order valence-corrected chi connectivity index (χ4v) is 4.86. The second kappa shape index (κ2) is 7.84. The number of pyridine rings is 1. The van der Waals surface area contributed by atoms with Crippen molar-refractivity contribution in [1.82, 2.24) is 9.55 Å². The number of hydrogen-bond acceptors (Lipinski definition) is 3. The predicted molar refractivity (Wildman–Crippen MR) is 123 cm³/mol. The number of piperidine rings is 1. The van der Waals surface area contributed by atoms with Crippen molar-refractivity contribution in [3.8, 4) is 11.8 Å². The summed E-state index contributed by atoms with van der Waals surface area (Å²) in [7, 11) is 0. The van der Waals surface area contributed by atoms with Crippen LogP contribution >= 0.6 is 15.9 Å². The minimum Gasteiger partial charge on any atom is -0.371 e. The van der Waals surface area contributed by atoms with Crippen LogP contribution in [0.1, 0.15) is 49.4 Å². The monoisotopic (exact) mass is 450 g/mol. The van der Waals surface area contributed by atoms with Crippen LogP contribution in [-0.2, 0) is 0 Å². The molecule has 4 nitrogen and oxygen atoms in total. The molecule has 4 rings (SSSR count). The van der Waals surface area contributed by atoms with Gasteiger partial charge in [0.05, 0.1) is 11.8 Å². The highest BCUT2D eigenvalue weighted by atomic mass is 79.9. The molecule has 1 aromatic carbocycles. The average Bonchev–Trinajstić information content (AvgIpc) is 3.03. The topological polar surface area (TPSA) is 44.9 Å². The van der Waals surface area contributed by atoms with E-state index in [4.69, 9.17) is 4.98 Å². The van der Waals surface area contributed by atoms with Gasteiger partial charge in [0.1, 0.15) is 5.65 Å². The normalized spacial score (nSPS) is 15.3. The molecular formula is C24H27BrN4. The maximum Gasteiger partial charge on any atom is 0.147 e. The Labute approximate surface area is 181 Å². The Balaban J connectivity index is 1.83. The first-order valence-corrected chi connectivity index (χ1v) is 11.1. The van der Waals surface area contributed by atoms with E-state index in [0.717, 1.165) is 47.4 Å². The third-order valence-electron chi connectivity index (χ3n) is 5.97. The second-order valence-electron chi connectivity index (χ2n) is 8.42. The maximum absolute atomic E-state index is 9.23. The highest BCUT2D eigenvalue weighted by Gasteiger charge is 2.23. The Morgan fingerprint density at radius 2 is 1.86 bits per heavy atom. The van der Waals surface area contributed by atoms with Gasteiger partial charge in [-0.1, -0.05) is 19.9 Å². The van der Waals surface area contributed by atoms with Gasteiger partial charge in [-0.25, -0.2) is 4.98 Å². The molecule has 1 fully saturated rings. The lowest BCUT2D eigenvalue weighted by atomic mass is 9.97. The SMILES string of the molecule is Cc1cc(N2CCC(C#N)CC2)c2c(C)cn(-c3ccc(C(C)C)cc3Br)c2n1. The number of aryl methyl sites for hydroxylation is 2. The van der Waals surface area contributed by atoms with Gasteiger partial charge in [0.25, 0.3) is 0 Å². The summed E-state index contributed by atoms with van der Waals surface area (Å²) in [6.07, 6.45) is 4.06. The molecule has 0 radical (unpaired) electrons. The Morgan fingerprint density at radius 1 is 1.14 bits per heavy atom. The van der Waals surface area contributed by atoms with Crippen molar-refractivity contribution in [2.45, 2.75) is 46.5 Å². The molecule has 3 heterocycles. The van der Waals surface area contributed by atoms with Crippen LogP contribution in [0.5, 0.6) is 0 Å². The fraction of sp³-hybridized carbons (Fsp3) is 0.417. The van der Waals surface area contributed by atoms with Crippen LogP contribution in [0.2, 0.25) is 0 Å². The molecule has 1 saturated heterocycles. The van der Waals surface area contributed by atoms with Crippen LogP contribution in [0.15, 0.2) is 34.9 Å². The number of nitrogens with zero attached hydrogens (tertiary/aromatic N) is 4. The zero-order chi connectivity index (χ0) is 20.7. The first kappa shape index (κ1) is 20.0. The number of rotatable bonds is 3. The lowest BCUT2D eigenvalue weighted by Gasteiger charge is -2.32. The number of benzene rings is 1. The zero-order valence-corrected chi connectivity index (χ0v) is 19.1. The summed E-state index contributed by atoms with van der Waals surface area (Å²) in [4.78, 5) is 7.35. The van der Waals surface area contributed by atoms with Crippen LogP contribution < -0.4 is 4.90 Å². The molecule has 0 spiro atoms. The Bertz CT molecular complexity index is 1100.